The second-order valence-corrected chi connectivity index (χ2v) is 6.14. The van der Waals surface area contributed by atoms with Crippen LogP contribution in [0.15, 0.2) is 61.3 Å². The Morgan fingerprint density at radius 2 is 2.04 bits per heavy atom. The van der Waals surface area contributed by atoms with E-state index in [1.165, 1.54) is 11.9 Å². The van der Waals surface area contributed by atoms with Crippen molar-refractivity contribution < 1.29 is 0 Å². The Morgan fingerprint density at radius 3 is 2.81 bits per heavy atom. The lowest BCUT2D eigenvalue weighted by Crippen LogP contribution is -2.31. The van der Waals surface area contributed by atoms with E-state index in [2.05, 4.69) is 60.0 Å². The van der Waals surface area contributed by atoms with E-state index in [1.54, 1.807) is 17.2 Å². The predicted molar refractivity (Wildman–Crippen MR) is 93.3 cm³/mol. The molecule has 0 amide bonds. The Bertz CT molecular complexity index is 1010. The highest BCUT2D eigenvalue weighted by atomic mass is 15.5. The summed E-state index contributed by atoms with van der Waals surface area (Å²) in [5.41, 5.74) is 3.72. The largest absolute Gasteiger partial charge is 0.280 e. The number of hydrogen-bond acceptors (Lipinski definition) is 6. The number of nitrogens with zero attached hydrogens (tertiary/aromatic N) is 7. The van der Waals surface area contributed by atoms with Gasteiger partial charge in [0.15, 0.2) is 5.82 Å². The summed E-state index contributed by atoms with van der Waals surface area (Å²) in [4.78, 5) is 8.61. The molecule has 4 aromatic rings. The maximum Gasteiger partial charge on any atom is 0.185 e. The number of H-pyrrole nitrogens is 1. The highest BCUT2D eigenvalue weighted by molar-refractivity contribution is 5.67. The highest BCUT2D eigenvalue weighted by Crippen LogP contribution is 2.40. The molecule has 1 aliphatic carbocycles. The lowest BCUT2D eigenvalue weighted by Gasteiger charge is -2.33. The molecule has 0 aliphatic heterocycles. The number of aromatic nitrogens is 8. The Hall–Kier alpha value is -3.68. The van der Waals surface area contributed by atoms with Gasteiger partial charge in [-0.3, -0.25) is 5.10 Å². The van der Waals surface area contributed by atoms with Crippen LogP contribution in [0.4, 0.5) is 0 Å². The van der Waals surface area contributed by atoms with E-state index < -0.39 is 0 Å². The van der Waals surface area contributed by atoms with Gasteiger partial charge in [0, 0.05) is 23.9 Å². The normalized spacial score (nSPS) is 18.6. The zero-order valence-electron chi connectivity index (χ0n) is 13.7. The van der Waals surface area contributed by atoms with Gasteiger partial charge in [-0.05, 0) is 22.1 Å². The molecule has 1 N–H and O–H groups in total. The molecule has 1 atom stereocenters. The van der Waals surface area contributed by atoms with Gasteiger partial charge in [0.1, 0.15) is 12.7 Å². The van der Waals surface area contributed by atoms with Crippen LogP contribution in [-0.4, -0.2) is 40.4 Å². The third kappa shape index (κ3) is 2.16. The molecule has 3 heterocycles. The summed E-state index contributed by atoms with van der Waals surface area (Å²) in [6.07, 6.45) is 9.84. The van der Waals surface area contributed by atoms with E-state index in [0.717, 1.165) is 17.0 Å². The first-order valence-electron chi connectivity index (χ1n) is 8.19. The van der Waals surface area contributed by atoms with E-state index >= 15 is 0 Å². The van der Waals surface area contributed by atoms with E-state index in [1.807, 2.05) is 24.3 Å². The first kappa shape index (κ1) is 14.6. The van der Waals surface area contributed by atoms with E-state index in [0.29, 0.717) is 12.2 Å². The highest BCUT2D eigenvalue weighted by Gasteiger charge is 2.37. The van der Waals surface area contributed by atoms with Crippen molar-refractivity contribution in [3.63, 3.8) is 0 Å². The molecule has 1 unspecified atom stereocenters. The summed E-state index contributed by atoms with van der Waals surface area (Å²) in [7, 11) is 0. The van der Waals surface area contributed by atoms with Crippen molar-refractivity contribution in [3.05, 3.63) is 83.8 Å². The quantitative estimate of drug-likeness (QED) is 0.609. The van der Waals surface area contributed by atoms with Crippen LogP contribution in [-0.2, 0) is 11.8 Å². The molecule has 0 spiro atoms. The molecule has 3 aromatic heterocycles. The summed E-state index contributed by atoms with van der Waals surface area (Å²) < 4.78 is 1.56. The minimum absolute atomic E-state index is 0.387. The molecule has 126 valence electrons. The predicted octanol–water partition coefficient (Wildman–Crippen LogP) is 1.73. The molecule has 26 heavy (non-hydrogen) atoms. The molecule has 1 aromatic carbocycles. The van der Waals surface area contributed by atoms with Crippen LogP contribution in [0.2, 0.25) is 0 Å². The Morgan fingerprint density at radius 1 is 1.12 bits per heavy atom. The van der Waals surface area contributed by atoms with Gasteiger partial charge >= 0.3 is 0 Å². The minimum Gasteiger partial charge on any atom is -0.280 e. The number of aromatic amines is 1. The van der Waals surface area contributed by atoms with E-state index in [9.17, 15) is 0 Å². The first-order valence-corrected chi connectivity index (χ1v) is 8.19. The topological polar surface area (TPSA) is 98.1 Å². The van der Waals surface area contributed by atoms with Crippen molar-refractivity contribution in [2.45, 2.75) is 11.8 Å². The molecule has 0 bridgehead atoms. The summed E-state index contributed by atoms with van der Waals surface area (Å²) in [6, 6.07) is 12.3. The molecular weight excluding hydrogens is 328 g/mol. The Labute approximate surface area is 148 Å². The minimum atomic E-state index is -0.387. The van der Waals surface area contributed by atoms with Gasteiger partial charge in [0.25, 0.3) is 0 Å². The van der Waals surface area contributed by atoms with Crippen LogP contribution in [0.1, 0.15) is 22.5 Å². The molecule has 8 nitrogen and oxygen atoms in total. The fourth-order valence-electron chi connectivity index (χ4n) is 3.49. The molecule has 0 radical (unpaired) electrons. The average Bonchev–Trinajstić information content (AvgIpc) is 3.38. The number of hydrogen-bond donors (Lipinski definition) is 1. The number of tetrazole rings is 1. The van der Waals surface area contributed by atoms with Gasteiger partial charge in [-0.2, -0.15) is 9.78 Å². The fraction of sp³-hybridized carbons (Fsp3) is 0.111. The van der Waals surface area contributed by atoms with Crippen molar-refractivity contribution in [1.29, 1.82) is 0 Å². The summed E-state index contributed by atoms with van der Waals surface area (Å²) in [5, 5.41) is 18.9. The number of rotatable bonds is 3. The monoisotopic (exact) mass is 342 g/mol. The van der Waals surface area contributed by atoms with Crippen molar-refractivity contribution in [2.24, 2.45) is 0 Å². The number of benzene rings is 1. The molecular formula is C18H14N8. The number of allylic oxidation sites excluding steroid dienone is 1. The van der Waals surface area contributed by atoms with Crippen molar-refractivity contribution in [1.82, 2.24) is 40.4 Å². The van der Waals surface area contributed by atoms with Gasteiger partial charge in [-0.15, -0.1) is 5.10 Å². The second kappa shape index (κ2) is 5.69. The third-order valence-electron chi connectivity index (χ3n) is 4.75. The van der Waals surface area contributed by atoms with Gasteiger partial charge in [0.2, 0.25) is 0 Å². The number of nitrogens with one attached hydrogen (secondary N) is 1. The third-order valence-corrected chi connectivity index (χ3v) is 4.75. The van der Waals surface area contributed by atoms with Gasteiger partial charge in [0.05, 0.1) is 11.1 Å². The molecule has 0 fully saturated rings. The van der Waals surface area contributed by atoms with Crippen LogP contribution in [0.5, 0.6) is 0 Å². The van der Waals surface area contributed by atoms with Gasteiger partial charge < -0.3 is 0 Å². The van der Waals surface area contributed by atoms with Crippen molar-refractivity contribution in [3.8, 4) is 5.82 Å². The molecule has 0 saturated heterocycles. The molecule has 0 saturated carbocycles. The maximum atomic E-state index is 4.55. The lowest BCUT2D eigenvalue weighted by atomic mass is 9.71. The van der Waals surface area contributed by atoms with Crippen molar-refractivity contribution >= 4 is 6.08 Å². The zero-order chi connectivity index (χ0) is 17.4. The van der Waals surface area contributed by atoms with Crippen LogP contribution in [0.3, 0.4) is 0 Å². The van der Waals surface area contributed by atoms with Crippen molar-refractivity contribution in [2.75, 3.05) is 0 Å². The summed E-state index contributed by atoms with van der Waals surface area (Å²) in [5.74, 6) is 0.686. The van der Waals surface area contributed by atoms with E-state index in [4.69, 9.17) is 0 Å². The van der Waals surface area contributed by atoms with Crippen LogP contribution >= 0.6 is 0 Å². The van der Waals surface area contributed by atoms with Crippen LogP contribution in [0, 0.1) is 0 Å². The van der Waals surface area contributed by atoms with Gasteiger partial charge in [-0.1, -0.05) is 42.5 Å². The Balaban J connectivity index is 1.67. The van der Waals surface area contributed by atoms with E-state index in [-0.39, 0.29) is 5.41 Å². The average molecular weight is 342 g/mol. The zero-order valence-corrected chi connectivity index (χ0v) is 13.7. The van der Waals surface area contributed by atoms with Crippen LogP contribution < -0.4 is 0 Å². The van der Waals surface area contributed by atoms with Crippen LogP contribution in [0.25, 0.3) is 11.9 Å². The lowest BCUT2D eigenvalue weighted by molar-refractivity contribution is 0.598. The molecule has 5 rings (SSSR count). The fourth-order valence-corrected chi connectivity index (χ4v) is 3.49. The molecule has 1 aliphatic rings. The van der Waals surface area contributed by atoms with Gasteiger partial charge in [-0.25, -0.2) is 9.97 Å². The summed E-state index contributed by atoms with van der Waals surface area (Å²) >= 11 is 0. The SMILES string of the molecule is C1=CC(c2ccccc2)(c2ccncn2)Cc2[nH]nc(-n3cnnn3)c21. The Kier molecular flexibility index (Phi) is 3.21. The standard InChI is InChI=1S/C18H14N8/c1-2-4-13(5-3-1)18(16-7-9-19-11-20-16)8-6-14-15(10-18)22-23-17(14)26-12-21-24-25-26/h1-9,11-12H,10H2,(H,22,23). The molecule has 8 heteroatoms. The number of fused-ring (bicyclic) bond motifs is 1. The summed E-state index contributed by atoms with van der Waals surface area (Å²) in [6.45, 7) is 0. The smallest absolute Gasteiger partial charge is 0.185 e. The second-order valence-electron chi connectivity index (χ2n) is 6.14. The first-order chi connectivity index (χ1) is 12.9. The maximum absolute atomic E-state index is 4.55.